The lowest BCUT2D eigenvalue weighted by Crippen LogP contribution is -2.08. The van der Waals surface area contributed by atoms with E-state index in [1.54, 1.807) is 0 Å². The minimum atomic E-state index is -0.308. The number of benzene rings is 2. The molecule has 0 saturated heterocycles. The van der Waals surface area contributed by atoms with Gasteiger partial charge in [-0.15, -0.1) is 0 Å². The molecule has 0 aliphatic heterocycles. The van der Waals surface area contributed by atoms with Crippen LogP contribution in [0, 0.1) is 5.92 Å². The Labute approximate surface area is 144 Å². The van der Waals surface area contributed by atoms with Crippen LogP contribution < -0.4 is 4.74 Å². The molecule has 0 N–H and O–H groups in total. The number of aryl methyl sites for hydroxylation is 1. The van der Waals surface area contributed by atoms with E-state index in [-0.39, 0.29) is 5.97 Å². The third-order valence-corrected chi connectivity index (χ3v) is 4.71. The van der Waals surface area contributed by atoms with Gasteiger partial charge in [-0.3, -0.25) is 0 Å². The van der Waals surface area contributed by atoms with Gasteiger partial charge in [-0.1, -0.05) is 44.2 Å². The SMILES string of the molecule is CCc1ccc(OC(=O)c2ccc(C3=CCC(C)CC3)cc2)cc1. The van der Waals surface area contributed by atoms with Crippen LogP contribution in [-0.2, 0) is 6.42 Å². The van der Waals surface area contributed by atoms with Crippen molar-refractivity contribution in [2.24, 2.45) is 5.92 Å². The second-order valence-corrected chi connectivity index (χ2v) is 6.57. The van der Waals surface area contributed by atoms with Crippen LogP contribution in [-0.4, -0.2) is 5.97 Å². The number of esters is 1. The van der Waals surface area contributed by atoms with E-state index in [1.807, 2.05) is 48.5 Å². The minimum Gasteiger partial charge on any atom is -0.423 e. The molecule has 0 amide bonds. The van der Waals surface area contributed by atoms with Crippen LogP contribution in [0.25, 0.3) is 5.57 Å². The zero-order chi connectivity index (χ0) is 16.9. The largest absolute Gasteiger partial charge is 0.423 e. The Kier molecular flexibility index (Phi) is 5.14. The number of hydrogen-bond donors (Lipinski definition) is 0. The van der Waals surface area contributed by atoms with Crippen molar-refractivity contribution < 1.29 is 9.53 Å². The van der Waals surface area contributed by atoms with Crippen LogP contribution in [0.15, 0.2) is 54.6 Å². The molecule has 0 fully saturated rings. The Hall–Kier alpha value is -2.35. The minimum absolute atomic E-state index is 0.308. The molecule has 2 nitrogen and oxygen atoms in total. The summed E-state index contributed by atoms with van der Waals surface area (Å²) in [6.07, 6.45) is 6.81. The Morgan fingerprint density at radius 1 is 1.08 bits per heavy atom. The van der Waals surface area contributed by atoms with Crippen molar-refractivity contribution in [1.29, 1.82) is 0 Å². The van der Waals surface area contributed by atoms with Crippen LogP contribution in [0.1, 0.15) is 54.6 Å². The Morgan fingerprint density at radius 3 is 2.38 bits per heavy atom. The Morgan fingerprint density at radius 2 is 1.79 bits per heavy atom. The maximum Gasteiger partial charge on any atom is 0.343 e. The third-order valence-electron chi connectivity index (χ3n) is 4.71. The Balaban J connectivity index is 1.67. The topological polar surface area (TPSA) is 26.3 Å². The van der Waals surface area contributed by atoms with E-state index in [1.165, 1.54) is 23.1 Å². The summed E-state index contributed by atoms with van der Waals surface area (Å²) in [6, 6.07) is 15.4. The van der Waals surface area contributed by atoms with Crippen molar-refractivity contribution in [3.63, 3.8) is 0 Å². The molecule has 2 aromatic rings. The molecular formula is C22H24O2. The van der Waals surface area contributed by atoms with E-state index in [9.17, 15) is 4.79 Å². The molecule has 24 heavy (non-hydrogen) atoms. The zero-order valence-corrected chi connectivity index (χ0v) is 14.4. The van der Waals surface area contributed by atoms with E-state index in [0.29, 0.717) is 11.3 Å². The molecule has 1 aliphatic rings. The molecular weight excluding hydrogens is 296 g/mol. The first kappa shape index (κ1) is 16.5. The maximum absolute atomic E-state index is 12.3. The van der Waals surface area contributed by atoms with E-state index in [4.69, 9.17) is 4.74 Å². The summed E-state index contributed by atoms with van der Waals surface area (Å²) in [5, 5.41) is 0. The van der Waals surface area contributed by atoms with Crippen LogP contribution in [0.2, 0.25) is 0 Å². The Bertz CT molecular complexity index is 724. The van der Waals surface area contributed by atoms with Gasteiger partial charge < -0.3 is 4.74 Å². The smallest absolute Gasteiger partial charge is 0.343 e. The van der Waals surface area contributed by atoms with Crippen molar-refractivity contribution in [2.45, 2.75) is 39.5 Å². The van der Waals surface area contributed by atoms with Gasteiger partial charge in [0.25, 0.3) is 0 Å². The molecule has 0 saturated carbocycles. The van der Waals surface area contributed by atoms with Crippen molar-refractivity contribution in [2.75, 3.05) is 0 Å². The van der Waals surface area contributed by atoms with Gasteiger partial charge in [0, 0.05) is 0 Å². The van der Waals surface area contributed by atoms with Crippen LogP contribution in [0.4, 0.5) is 0 Å². The molecule has 3 rings (SSSR count). The lowest BCUT2D eigenvalue weighted by molar-refractivity contribution is 0.0734. The fourth-order valence-corrected chi connectivity index (χ4v) is 3.01. The molecule has 124 valence electrons. The first-order chi connectivity index (χ1) is 11.7. The first-order valence-corrected chi connectivity index (χ1v) is 8.76. The predicted octanol–water partition coefficient (Wildman–Crippen LogP) is 5.67. The van der Waals surface area contributed by atoms with Gasteiger partial charge in [-0.2, -0.15) is 0 Å². The van der Waals surface area contributed by atoms with Gasteiger partial charge in [0.1, 0.15) is 5.75 Å². The first-order valence-electron chi connectivity index (χ1n) is 8.76. The fraction of sp³-hybridized carbons (Fsp3) is 0.318. The second-order valence-electron chi connectivity index (χ2n) is 6.57. The summed E-state index contributed by atoms with van der Waals surface area (Å²) in [6.45, 7) is 4.39. The average Bonchev–Trinajstić information content (AvgIpc) is 2.63. The predicted molar refractivity (Wildman–Crippen MR) is 98.2 cm³/mol. The van der Waals surface area contributed by atoms with Crippen LogP contribution in [0.3, 0.4) is 0 Å². The maximum atomic E-state index is 12.3. The molecule has 1 atom stereocenters. The van der Waals surface area contributed by atoms with Crippen molar-refractivity contribution in [1.82, 2.24) is 0 Å². The van der Waals surface area contributed by atoms with Crippen molar-refractivity contribution in [3.05, 3.63) is 71.3 Å². The molecule has 0 spiro atoms. The summed E-state index contributed by atoms with van der Waals surface area (Å²) in [4.78, 5) is 12.3. The quantitative estimate of drug-likeness (QED) is 0.536. The van der Waals surface area contributed by atoms with E-state index < -0.39 is 0 Å². The second kappa shape index (κ2) is 7.48. The van der Waals surface area contributed by atoms with Crippen molar-refractivity contribution >= 4 is 11.5 Å². The number of rotatable bonds is 4. The molecule has 0 bridgehead atoms. The summed E-state index contributed by atoms with van der Waals surface area (Å²) >= 11 is 0. The highest BCUT2D eigenvalue weighted by Crippen LogP contribution is 2.30. The van der Waals surface area contributed by atoms with Gasteiger partial charge in [0.05, 0.1) is 5.56 Å². The molecule has 0 heterocycles. The lowest BCUT2D eigenvalue weighted by atomic mass is 9.87. The fourth-order valence-electron chi connectivity index (χ4n) is 3.01. The van der Waals surface area contributed by atoms with Gasteiger partial charge in [0.15, 0.2) is 0 Å². The summed E-state index contributed by atoms with van der Waals surface area (Å²) in [5.41, 5.74) is 4.42. The standard InChI is InChI=1S/C22H24O2/c1-3-17-6-14-21(15-7-17)24-22(23)20-12-10-19(11-13-20)18-8-4-16(2)5-9-18/h6-8,10-16H,3-5,9H2,1-2H3. The lowest BCUT2D eigenvalue weighted by Gasteiger charge is -2.18. The average molecular weight is 320 g/mol. The van der Waals surface area contributed by atoms with Crippen molar-refractivity contribution in [3.8, 4) is 5.75 Å². The third kappa shape index (κ3) is 3.94. The summed E-state index contributed by atoms with van der Waals surface area (Å²) in [7, 11) is 0. The highest BCUT2D eigenvalue weighted by molar-refractivity contribution is 5.91. The number of hydrogen-bond acceptors (Lipinski definition) is 2. The summed E-state index contributed by atoms with van der Waals surface area (Å²) in [5.74, 6) is 1.06. The number of carbonyl (C=O) groups is 1. The number of allylic oxidation sites excluding steroid dienone is 2. The number of ether oxygens (including phenoxy) is 1. The molecule has 0 radical (unpaired) electrons. The molecule has 1 unspecified atom stereocenters. The summed E-state index contributed by atoms with van der Waals surface area (Å²) < 4.78 is 5.45. The van der Waals surface area contributed by atoms with Crippen LogP contribution >= 0.6 is 0 Å². The zero-order valence-electron chi connectivity index (χ0n) is 14.4. The molecule has 1 aliphatic carbocycles. The van der Waals surface area contributed by atoms with Gasteiger partial charge in [-0.25, -0.2) is 4.79 Å². The highest BCUT2D eigenvalue weighted by atomic mass is 16.5. The van der Waals surface area contributed by atoms with Gasteiger partial charge in [0.2, 0.25) is 0 Å². The van der Waals surface area contributed by atoms with Gasteiger partial charge >= 0.3 is 5.97 Å². The molecule has 2 heteroatoms. The molecule has 0 aromatic heterocycles. The van der Waals surface area contributed by atoms with Crippen LogP contribution in [0.5, 0.6) is 5.75 Å². The molecule has 2 aromatic carbocycles. The van der Waals surface area contributed by atoms with E-state index >= 15 is 0 Å². The normalized spacial score (nSPS) is 17.2. The van der Waals surface area contributed by atoms with Gasteiger partial charge in [-0.05, 0) is 72.6 Å². The number of carbonyl (C=O) groups excluding carboxylic acids is 1. The highest BCUT2D eigenvalue weighted by Gasteiger charge is 2.13. The van der Waals surface area contributed by atoms with E-state index in [2.05, 4.69) is 19.9 Å². The monoisotopic (exact) mass is 320 g/mol. The van der Waals surface area contributed by atoms with E-state index in [0.717, 1.165) is 25.2 Å².